The molecule has 27 heavy (non-hydrogen) atoms. The van der Waals surface area contributed by atoms with Gasteiger partial charge in [0.2, 0.25) is 5.91 Å². The Balaban J connectivity index is 0.00000261. The van der Waals surface area contributed by atoms with E-state index in [2.05, 4.69) is 10.6 Å². The van der Waals surface area contributed by atoms with Crippen LogP contribution in [0.15, 0.2) is 30.3 Å². The number of hydrogen-bond donors (Lipinski definition) is 2. The smallest absolute Gasteiger partial charge is 0.320 e. The molecule has 0 aromatic heterocycles. The SMILES string of the molecule is CN(Cc1ccccc1)C(=O)N1CCC(C(=O)NCC2CCCN2)CC1.Cl. The predicted octanol–water partition coefficient (Wildman–Crippen LogP) is 2.24. The first-order valence-corrected chi connectivity index (χ1v) is 9.68. The molecular formula is C20H31ClN4O2. The van der Waals surface area contributed by atoms with Crippen LogP contribution in [0.4, 0.5) is 4.79 Å². The van der Waals surface area contributed by atoms with Crippen molar-refractivity contribution in [1.82, 2.24) is 20.4 Å². The van der Waals surface area contributed by atoms with E-state index < -0.39 is 0 Å². The van der Waals surface area contributed by atoms with Crippen molar-refractivity contribution in [2.45, 2.75) is 38.3 Å². The minimum absolute atomic E-state index is 0. The molecule has 0 saturated carbocycles. The predicted molar refractivity (Wildman–Crippen MR) is 109 cm³/mol. The van der Waals surface area contributed by atoms with E-state index in [4.69, 9.17) is 0 Å². The zero-order valence-corrected chi connectivity index (χ0v) is 16.8. The van der Waals surface area contributed by atoms with Crippen LogP contribution in [0.25, 0.3) is 0 Å². The Bertz CT molecular complexity index is 599. The standard InChI is InChI=1S/C20H30N4O2.ClH/c1-23(15-16-6-3-2-4-7-16)20(26)24-12-9-17(10-13-24)19(25)22-14-18-8-5-11-21-18;/h2-4,6-7,17-18,21H,5,8-15H2,1H3,(H,22,25);1H. The number of urea groups is 1. The van der Waals surface area contributed by atoms with Crippen LogP contribution < -0.4 is 10.6 Å². The lowest BCUT2D eigenvalue weighted by Crippen LogP contribution is -2.48. The van der Waals surface area contributed by atoms with Gasteiger partial charge in [0.1, 0.15) is 0 Å². The highest BCUT2D eigenvalue weighted by Gasteiger charge is 2.29. The number of likely N-dealkylation sites (tertiary alicyclic amines) is 1. The number of amides is 3. The summed E-state index contributed by atoms with van der Waals surface area (Å²) < 4.78 is 0. The summed E-state index contributed by atoms with van der Waals surface area (Å²) in [6.45, 7) is 3.68. The Morgan fingerprint density at radius 2 is 1.89 bits per heavy atom. The van der Waals surface area contributed by atoms with Gasteiger partial charge in [-0.05, 0) is 37.8 Å². The monoisotopic (exact) mass is 394 g/mol. The molecule has 2 N–H and O–H groups in total. The molecular weight excluding hydrogens is 364 g/mol. The van der Waals surface area contributed by atoms with E-state index >= 15 is 0 Å². The zero-order valence-electron chi connectivity index (χ0n) is 16.0. The van der Waals surface area contributed by atoms with Gasteiger partial charge in [-0.15, -0.1) is 12.4 Å². The molecule has 2 aliphatic heterocycles. The number of halogens is 1. The van der Waals surface area contributed by atoms with Crippen LogP contribution in [0, 0.1) is 5.92 Å². The van der Waals surface area contributed by atoms with E-state index in [-0.39, 0.29) is 30.3 Å². The lowest BCUT2D eigenvalue weighted by molar-refractivity contribution is -0.126. The summed E-state index contributed by atoms with van der Waals surface area (Å²) in [5.41, 5.74) is 1.12. The van der Waals surface area contributed by atoms with Crippen molar-refractivity contribution >= 4 is 24.3 Å². The number of nitrogens with one attached hydrogen (secondary N) is 2. The first-order chi connectivity index (χ1) is 12.6. The third-order valence-corrected chi connectivity index (χ3v) is 5.41. The zero-order chi connectivity index (χ0) is 18.4. The van der Waals surface area contributed by atoms with Crippen molar-refractivity contribution in [3.8, 4) is 0 Å². The summed E-state index contributed by atoms with van der Waals surface area (Å²) in [4.78, 5) is 28.6. The van der Waals surface area contributed by atoms with Gasteiger partial charge >= 0.3 is 6.03 Å². The van der Waals surface area contributed by atoms with Crippen LogP contribution in [0.2, 0.25) is 0 Å². The van der Waals surface area contributed by atoms with Crippen LogP contribution >= 0.6 is 12.4 Å². The molecule has 0 aliphatic carbocycles. The molecule has 150 valence electrons. The number of benzene rings is 1. The molecule has 6 nitrogen and oxygen atoms in total. The largest absolute Gasteiger partial charge is 0.354 e. The third kappa shape index (κ3) is 6.11. The molecule has 7 heteroatoms. The van der Waals surface area contributed by atoms with Crippen LogP contribution in [-0.4, -0.2) is 61.0 Å². The molecule has 1 unspecified atom stereocenters. The highest BCUT2D eigenvalue weighted by Crippen LogP contribution is 2.19. The average molecular weight is 395 g/mol. The number of carbonyl (C=O) groups excluding carboxylic acids is 2. The summed E-state index contributed by atoms with van der Waals surface area (Å²) in [6.07, 6.45) is 3.82. The Morgan fingerprint density at radius 1 is 1.19 bits per heavy atom. The number of carbonyl (C=O) groups is 2. The van der Waals surface area contributed by atoms with Crippen LogP contribution in [0.5, 0.6) is 0 Å². The second-order valence-corrected chi connectivity index (χ2v) is 7.42. The van der Waals surface area contributed by atoms with Crippen molar-refractivity contribution in [2.75, 3.05) is 33.2 Å². The average Bonchev–Trinajstić information content (AvgIpc) is 3.20. The van der Waals surface area contributed by atoms with Gasteiger partial charge < -0.3 is 20.4 Å². The van der Waals surface area contributed by atoms with Crippen molar-refractivity contribution in [1.29, 1.82) is 0 Å². The van der Waals surface area contributed by atoms with Crippen LogP contribution in [-0.2, 0) is 11.3 Å². The lowest BCUT2D eigenvalue weighted by Gasteiger charge is -2.34. The molecule has 2 saturated heterocycles. The van der Waals surface area contributed by atoms with E-state index in [1.807, 2.05) is 42.3 Å². The number of nitrogens with zero attached hydrogens (tertiary/aromatic N) is 2. The number of piperidine rings is 1. The topological polar surface area (TPSA) is 64.7 Å². The molecule has 3 rings (SSSR count). The molecule has 2 heterocycles. The van der Waals surface area contributed by atoms with Crippen LogP contribution in [0.3, 0.4) is 0 Å². The second kappa shape index (κ2) is 10.5. The summed E-state index contributed by atoms with van der Waals surface area (Å²) in [7, 11) is 1.84. The molecule has 2 aliphatic rings. The molecule has 0 bridgehead atoms. The van der Waals surface area contributed by atoms with E-state index in [1.165, 1.54) is 6.42 Å². The molecule has 1 atom stereocenters. The van der Waals surface area contributed by atoms with Gasteiger partial charge in [0.25, 0.3) is 0 Å². The Morgan fingerprint density at radius 3 is 2.52 bits per heavy atom. The van der Waals surface area contributed by atoms with E-state index in [0.717, 1.165) is 37.9 Å². The molecule has 1 aromatic carbocycles. The fourth-order valence-corrected chi connectivity index (χ4v) is 3.80. The van der Waals surface area contributed by atoms with Crippen molar-refractivity contribution in [3.05, 3.63) is 35.9 Å². The number of hydrogen-bond acceptors (Lipinski definition) is 3. The first-order valence-electron chi connectivity index (χ1n) is 9.68. The highest BCUT2D eigenvalue weighted by atomic mass is 35.5. The van der Waals surface area contributed by atoms with Crippen LogP contribution in [0.1, 0.15) is 31.2 Å². The molecule has 2 fully saturated rings. The fraction of sp³-hybridized carbons (Fsp3) is 0.600. The van der Waals surface area contributed by atoms with E-state index in [0.29, 0.717) is 25.7 Å². The van der Waals surface area contributed by atoms with Gasteiger partial charge in [0.15, 0.2) is 0 Å². The summed E-state index contributed by atoms with van der Waals surface area (Å²) in [5, 5.41) is 6.47. The minimum atomic E-state index is 0. The second-order valence-electron chi connectivity index (χ2n) is 7.42. The maximum atomic E-state index is 12.6. The van der Waals surface area contributed by atoms with Gasteiger partial charge in [-0.2, -0.15) is 0 Å². The van der Waals surface area contributed by atoms with E-state index in [1.54, 1.807) is 4.90 Å². The highest BCUT2D eigenvalue weighted by molar-refractivity contribution is 5.85. The van der Waals surface area contributed by atoms with Crippen molar-refractivity contribution in [2.24, 2.45) is 5.92 Å². The Labute approximate surface area is 168 Å². The minimum Gasteiger partial charge on any atom is -0.354 e. The Kier molecular flexibility index (Phi) is 8.38. The lowest BCUT2D eigenvalue weighted by atomic mass is 9.96. The molecule has 1 aromatic rings. The maximum absolute atomic E-state index is 12.6. The van der Waals surface area contributed by atoms with E-state index in [9.17, 15) is 9.59 Å². The molecule has 0 radical (unpaired) electrons. The summed E-state index contributed by atoms with van der Waals surface area (Å²) in [5.74, 6) is 0.170. The van der Waals surface area contributed by atoms with Crippen molar-refractivity contribution in [3.63, 3.8) is 0 Å². The summed E-state index contributed by atoms with van der Waals surface area (Å²) in [6, 6.07) is 10.5. The van der Waals surface area contributed by atoms with Gasteiger partial charge in [-0.3, -0.25) is 4.79 Å². The number of rotatable bonds is 5. The summed E-state index contributed by atoms with van der Waals surface area (Å²) >= 11 is 0. The Hall–Kier alpha value is -1.79. The van der Waals surface area contributed by atoms with Gasteiger partial charge in [0.05, 0.1) is 0 Å². The maximum Gasteiger partial charge on any atom is 0.320 e. The normalized spacial score (nSPS) is 20.0. The molecule has 0 spiro atoms. The third-order valence-electron chi connectivity index (χ3n) is 5.41. The first kappa shape index (κ1) is 21.5. The quantitative estimate of drug-likeness (QED) is 0.805. The van der Waals surface area contributed by atoms with Gasteiger partial charge in [-0.25, -0.2) is 4.79 Å². The molecule has 3 amide bonds. The fourth-order valence-electron chi connectivity index (χ4n) is 3.80. The van der Waals surface area contributed by atoms with Gasteiger partial charge in [-0.1, -0.05) is 30.3 Å². The van der Waals surface area contributed by atoms with Crippen molar-refractivity contribution < 1.29 is 9.59 Å². The van der Waals surface area contributed by atoms with Gasteiger partial charge in [0, 0.05) is 45.2 Å².